The standard InChI is InChI=1S/C18H17FN2O2/c1-2-23-18(22)17-11-14-5-3-4-6-16(14)21(17)20-12-13-7-9-15(19)10-8-13/h3-11,20H,2,12H2,1H3. The molecule has 0 aliphatic carbocycles. The Morgan fingerprint density at radius 2 is 1.91 bits per heavy atom. The maximum atomic E-state index is 13.0. The molecule has 0 radical (unpaired) electrons. The predicted octanol–water partition coefficient (Wildman–Crippen LogP) is 3.70. The van der Waals surface area contributed by atoms with Gasteiger partial charge in [0.25, 0.3) is 0 Å². The van der Waals surface area contributed by atoms with Crippen LogP contribution in [0.15, 0.2) is 54.6 Å². The fourth-order valence-electron chi connectivity index (χ4n) is 2.45. The minimum absolute atomic E-state index is 0.271. The molecule has 0 aliphatic heterocycles. The van der Waals surface area contributed by atoms with E-state index >= 15 is 0 Å². The molecule has 0 saturated heterocycles. The molecule has 0 atom stereocenters. The van der Waals surface area contributed by atoms with Gasteiger partial charge in [0.15, 0.2) is 0 Å². The zero-order valence-electron chi connectivity index (χ0n) is 12.8. The summed E-state index contributed by atoms with van der Waals surface area (Å²) in [5, 5.41) is 0.946. The number of ether oxygens (including phenoxy) is 1. The summed E-state index contributed by atoms with van der Waals surface area (Å²) in [6.45, 7) is 2.56. The smallest absolute Gasteiger partial charge is 0.356 e. The van der Waals surface area contributed by atoms with Gasteiger partial charge < -0.3 is 10.2 Å². The Balaban J connectivity index is 1.92. The monoisotopic (exact) mass is 312 g/mol. The molecule has 0 aliphatic rings. The van der Waals surface area contributed by atoms with Crippen molar-refractivity contribution in [3.05, 3.63) is 71.7 Å². The van der Waals surface area contributed by atoms with Gasteiger partial charge in [-0.2, -0.15) is 0 Å². The molecule has 1 N–H and O–H groups in total. The lowest BCUT2D eigenvalue weighted by atomic mass is 10.2. The Labute approximate surface area is 133 Å². The first-order valence-electron chi connectivity index (χ1n) is 7.45. The molecule has 5 heteroatoms. The zero-order valence-corrected chi connectivity index (χ0v) is 12.8. The molecular formula is C18H17FN2O2. The highest BCUT2D eigenvalue weighted by Crippen LogP contribution is 2.19. The molecular weight excluding hydrogens is 295 g/mol. The number of carbonyl (C=O) groups excluding carboxylic acids is 1. The van der Waals surface area contributed by atoms with E-state index in [9.17, 15) is 9.18 Å². The van der Waals surface area contributed by atoms with Crippen LogP contribution < -0.4 is 5.43 Å². The fourth-order valence-corrected chi connectivity index (χ4v) is 2.45. The molecule has 3 rings (SSSR count). The van der Waals surface area contributed by atoms with Crippen molar-refractivity contribution in [1.29, 1.82) is 0 Å². The lowest BCUT2D eigenvalue weighted by molar-refractivity contribution is 0.0516. The van der Waals surface area contributed by atoms with Crippen LogP contribution in [0.25, 0.3) is 10.9 Å². The number of benzene rings is 2. The van der Waals surface area contributed by atoms with Crippen LogP contribution in [0.3, 0.4) is 0 Å². The first-order chi connectivity index (χ1) is 11.2. The van der Waals surface area contributed by atoms with Gasteiger partial charge in [-0.1, -0.05) is 30.3 Å². The highest BCUT2D eigenvalue weighted by Gasteiger charge is 2.16. The normalized spacial score (nSPS) is 10.7. The Morgan fingerprint density at radius 3 is 2.65 bits per heavy atom. The first kappa shape index (κ1) is 15.1. The van der Waals surface area contributed by atoms with Crippen molar-refractivity contribution in [2.24, 2.45) is 0 Å². The number of carbonyl (C=O) groups is 1. The van der Waals surface area contributed by atoms with Crippen LogP contribution in [0.4, 0.5) is 4.39 Å². The van der Waals surface area contributed by atoms with Gasteiger partial charge in [0.2, 0.25) is 0 Å². The number of fused-ring (bicyclic) bond motifs is 1. The van der Waals surface area contributed by atoms with E-state index in [2.05, 4.69) is 5.43 Å². The highest BCUT2D eigenvalue weighted by molar-refractivity contribution is 5.95. The second-order valence-corrected chi connectivity index (χ2v) is 5.11. The average Bonchev–Trinajstić information content (AvgIpc) is 2.93. The van der Waals surface area contributed by atoms with Gasteiger partial charge in [0, 0.05) is 5.39 Å². The van der Waals surface area contributed by atoms with Crippen LogP contribution in [0.1, 0.15) is 23.0 Å². The number of rotatable bonds is 5. The van der Waals surface area contributed by atoms with E-state index < -0.39 is 0 Å². The van der Waals surface area contributed by atoms with Gasteiger partial charge in [-0.15, -0.1) is 0 Å². The molecule has 0 amide bonds. The summed E-state index contributed by atoms with van der Waals surface area (Å²) in [6, 6.07) is 15.7. The summed E-state index contributed by atoms with van der Waals surface area (Å²) in [6.07, 6.45) is 0. The SMILES string of the molecule is CCOC(=O)c1cc2ccccc2n1NCc1ccc(F)cc1. The van der Waals surface area contributed by atoms with Crippen molar-refractivity contribution >= 4 is 16.9 Å². The van der Waals surface area contributed by atoms with E-state index in [-0.39, 0.29) is 11.8 Å². The Hall–Kier alpha value is -2.82. The quantitative estimate of drug-likeness (QED) is 0.731. The van der Waals surface area contributed by atoms with Gasteiger partial charge in [-0.3, -0.25) is 4.68 Å². The van der Waals surface area contributed by atoms with Crippen LogP contribution in [0, 0.1) is 5.82 Å². The number of nitrogens with one attached hydrogen (secondary N) is 1. The van der Waals surface area contributed by atoms with Gasteiger partial charge in [0.1, 0.15) is 11.5 Å². The molecule has 2 aromatic carbocycles. The van der Waals surface area contributed by atoms with Crippen LogP contribution in [0.2, 0.25) is 0 Å². The van der Waals surface area contributed by atoms with Crippen molar-refractivity contribution in [3.63, 3.8) is 0 Å². The second-order valence-electron chi connectivity index (χ2n) is 5.11. The highest BCUT2D eigenvalue weighted by atomic mass is 19.1. The van der Waals surface area contributed by atoms with E-state index in [1.807, 2.05) is 24.3 Å². The third-order valence-corrected chi connectivity index (χ3v) is 3.55. The average molecular weight is 312 g/mol. The van der Waals surface area contributed by atoms with Crippen molar-refractivity contribution in [3.8, 4) is 0 Å². The molecule has 0 spiro atoms. The van der Waals surface area contributed by atoms with E-state index in [4.69, 9.17) is 4.74 Å². The molecule has 0 bridgehead atoms. The third-order valence-electron chi connectivity index (χ3n) is 3.55. The summed E-state index contributed by atoms with van der Waals surface area (Å²) >= 11 is 0. The minimum Gasteiger partial charge on any atom is -0.461 e. The third kappa shape index (κ3) is 3.18. The topological polar surface area (TPSA) is 43.3 Å². The van der Waals surface area contributed by atoms with Crippen LogP contribution in [-0.4, -0.2) is 17.3 Å². The van der Waals surface area contributed by atoms with Crippen molar-refractivity contribution in [2.45, 2.75) is 13.5 Å². The molecule has 0 unspecified atom stereocenters. The van der Waals surface area contributed by atoms with Crippen LogP contribution >= 0.6 is 0 Å². The van der Waals surface area contributed by atoms with E-state index in [1.54, 1.807) is 29.8 Å². The number of hydrogen-bond donors (Lipinski definition) is 1. The Bertz CT molecular complexity index is 825. The largest absolute Gasteiger partial charge is 0.461 e. The molecule has 0 saturated carbocycles. The summed E-state index contributed by atoms with van der Waals surface area (Å²) in [5.74, 6) is -0.650. The van der Waals surface area contributed by atoms with Gasteiger partial charge in [-0.25, -0.2) is 9.18 Å². The molecule has 1 aromatic heterocycles. The molecule has 0 fully saturated rings. The van der Waals surface area contributed by atoms with E-state index in [0.29, 0.717) is 18.8 Å². The number of halogens is 1. The van der Waals surface area contributed by atoms with E-state index in [0.717, 1.165) is 16.5 Å². The van der Waals surface area contributed by atoms with Gasteiger partial charge in [-0.05, 0) is 36.8 Å². The predicted molar refractivity (Wildman–Crippen MR) is 87.4 cm³/mol. The van der Waals surface area contributed by atoms with E-state index in [1.165, 1.54) is 12.1 Å². The summed E-state index contributed by atoms with van der Waals surface area (Å²) in [5.41, 5.74) is 5.45. The Morgan fingerprint density at radius 1 is 1.17 bits per heavy atom. The number of nitrogens with zero attached hydrogens (tertiary/aromatic N) is 1. The molecule has 3 aromatic rings. The number of esters is 1. The van der Waals surface area contributed by atoms with Crippen molar-refractivity contribution < 1.29 is 13.9 Å². The summed E-state index contributed by atoms with van der Waals surface area (Å²) < 4.78 is 19.8. The number of para-hydroxylation sites is 1. The molecule has 118 valence electrons. The van der Waals surface area contributed by atoms with Crippen LogP contribution in [0.5, 0.6) is 0 Å². The lowest BCUT2D eigenvalue weighted by Gasteiger charge is -2.13. The van der Waals surface area contributed by atoms with Gasteiger partial charge in [0.05, 0.1) is 18.7 Å². The summed E-state index contributed by atoms with van der Waals surface area (Å²) in [7, 11) is 0. The second kappa shape index (κ2) is 6.52. The molecule has 1 heterocycles. The minimum atomic E-state index is -0.379. The lowest BCUT2D eigenvalue weighted by Crippen LogP contribution is -2.20. The zero-order chi connectivity index (χ0) is 16.2. The molecule has 23 heavy (non-hydrogen) atoms. The maximum absolute atomic E-state index is 13.0. The molecule has 4 nitrogen and oxygen atoms in total. The first-order valence-corrected chi connectivity index (χ1v) is 7.45. The van der Waals surface area contributed by atoms with Crippen LogP contribution in [-0.2, 0) is 11.3 Å². The number of hydrogen-bond acceptors (Lipinski definition) is 3. The van der Waals surface area contributed by atoms with Crippen molar-refractivity contribution in [1.82, 2.24) is 4.68 Å². The van der Waals surface area contributed by atoms with Gasteiger partial charge >= 0.3 is 5.97 Å². The van der Waals surface area contributed by atoms with Crippen molar-refractivity contribution in [2.75, 3.05) is 12.0 Å². The maximum Gasteiger partial charge on any atom is 0.356 e. The Kier molecular flexibility index (Phi) is 4.28. The fraction of sp³-hybridized carbons (Fsp3) is 0.167. The summed E-state index contributed by atoms with van der Waals surface area (Å²) in [4.78, 5) is 12.2. The number of aromatic nitrogens is 1.